The van der Waals surface area contributed by atoms with Gasteiger partial charge in [0.2, 0.25) is 5.95 Å². The molecule has 1 aromatic carbocycles. The predicted octanol–water partition coefficient (Wildman–Crippen LogP) is 3.51. The molecule has 0 amide bonds. The predicted molar refractivity (Wildman–Crippen MR) is 105 cm³/mol. The molecule has 0 saturated carbocycles. The summed E-state index contributed by atoms with van der Waals surface area (Å²) in [6.45, 7) is 3.70. The van der Waals surface area contributed by atoms with Crippen molar-refractivity contribution in [3.05, 3.63) is 35.5 Å². The lowest BCUT2D eigenvalue weighted by molar-refractivity contribution is -0.286. The van der Waals surface area contributed by atoms with Crippen LogP contribution in [-0.4, -0.2) is 36.4 Å². The fourth-order valence-electron chi connectivity index (χ4n) is 4.22. The number of halogens is 2. The average molecular weight is 401 g/mol. The molecule has 2 atom stereocenters. The Balaban J connectivity index is 1.53. The van der Waals surface area contributed by atoms with Crippen molar-refractivity contribution in [2.24, 2.45) is 11.8 Å². The van der Waals surface area contributed by atoms with Gasteiger partial charge >= 0.3 is 6.29 Å². The van der Waals surface area contributed by atoms with Gasteiger partial charge in [-0.15, -0.1) is 8.78 Å². The molecule has 3 N–H and O–H groups in total. The Morgan fingerprint density at radius 3 is 2.83 bits per heavy atom. The number of fused-ring (bicyclic) bond motifs is 2. The topological polar surface area (TPSA) is 80.3 Å². The van der Waals surface area contributed by atoms with Gasteiger partial charge < -0.3 is 25.4 Å². The average Bonchev–Trinajstić information content (AvgIpc) is 3.32. The van der Waals surface area contributed by atoms with Crippen LogP contribution in [0.1, 0.15) is 17.7 Å². The minimum atomic E-state index is -3.68. The van der Waals surface area contributed by atoms with E-state index >= 15 is 0 Å². The third kappa shape index (κ3) is 3.35. The summed E-state index contributed by atoms with van der Waals surface area (Å²) in [5, 5.41) is 9.45. The van der Waals surface area contributed by atoms with E-state index in [4.69, 9.17) is 9.47 Å². The quantitative estimate of drug-likeness (QED) is 0.723. The van der Waals surface area contributed by atoms with Crippen LogP contribution < -0.4 is 25.4 Å². The Hall–Kier alpha value is -2.94. The summed E-state index contributed by atoms with van der Waals surface area (Å²) in [5.74, 6) is 2.02. The smallest absolute Gasteiger partial charge is 0.395 e. The number of nitrogens with zero attached hydrogens (tertiary/aromatic N) is 2. The largest absolute Gasteiger partial charge is 0.586 e. The van der Waals surface area contributed by atoms with E-state index in [0.717, 1.165) is 30.8 Å². The van der Waals surface area contributed by atoms with Gasteiger partial charge in [-0.05, 0) is 43.4 Å². The van der Waals surface area contributed by atoms with E-state index in [2.05, 4.69) is 32.0 Å². The second-order valence-electron chi connectivity index (χ2n) is 7.59. The molecule has 9 heteroatoms. The van der Waals surface area contributed by atoms with Crippen molar-refractivity contribution in [1.29, 1.82) is 0 Å². The summed E-state index contributed by atoms with van der Waals surface area (Å²) in [4.78, 5) is 8.73. The van der Waals surface area contributed by atoms with Crippen molar-refractivity contribution >= 4 is 23.0 Å². The van der Waals surface area contributed by atoms with E-state index in [-0.39, 0.29) is 11.5 Å². The highest BCUT2D eigenvalue weighted by Crippen LogP contribution is 2.50. The maximum absolute atomic E-state index is 13.8. The Kier molecular flexibility index (Phi) is 4.09. The van der Waals surface area contributed by atoms with Crippen LogP contribution >= 0.6 is 0 Å². The van der Waals surface area contributed by atoms with Gasteiger partial charge in [0.15, 0.2) is 11.5 Å². The molecule has 1 aliphatic carbocycles. The van der Waals surface area contributed by atoms with Crippen molar-refractivity contribution in [2.75, 3.05) is 30.8 Å². The van der Waals surface area contributed by atoms with Gasteiger partial charge in [0.05, 0.1) is 0 Å². The standard InChI is InChI=1S/C20H21F2N5O2/c1-10-3-17(23-2)27-19(25-10)26-14-6-15(11-4-12-8-24-9-13(12)5-11)18-16(7-14)28-20(21,22)29-18/h3-4,6-7,12-13,24H,5,8-9H2,1-2H3,(H2,23,25,26,27)/t12-,13+/m0/s1. The first-order valence-electron chi connectivity index (χ1n) is 9.56. The van der Waals surface area contributed by atoms with Crippen LogP contribution in [0.4, 0.5) is 26.2 Å². The summed E-state index contributed by atoms with van der Waals surface area (Å²) in [6, 6.07) is 5.10. The summed E-state index contributed by atoms with van der Waals surface area (Å²) >= 11 is 0. The molecule has 7 nitrogen and oxygen atoms in total. The van der Waals surface area contributed by atoms with Crippen LogP contribution in [0.2, 0.25) is 0 Å². The first kappa shape index (κ1) is 18.1. The fraction of sp³-hybridized carbons (Fsp3) is 0.400. The molecular formula is C20H21F2N5O2. The minimum Gasteiger partial charge on any atom is -0.395 e. The lowest BCUT2D eigenvalue weighted by atomic mass is 9.97. The third-order valence-corrected chi connectivity index (χ3v) is 5.51. The van der Waals surface area contributed by atoms with Gasteiger partial charge in [0.1, 0.15) is 5.82 Å². The van der Waals surface area contributed by atoms with Crippen LogP contribution in [0, 0.1) is 18.8 Å². The first-order valence-corrected chi connectivity index (χ1v) is 9.56. The highest BCUT2D eigenvalue weighted by molar-refractivity contribution is 5.80. The number of nitrogens with one attached hydrogen (secondary N) is 3. The number of hydrogen-bond donors (Lipinski definition) is 3. The zero-order valence-corrected chi connectivity index (χ0v) is 16.1. The number of benzene rings is 1. The second-order valence-corrected chi connectivity index (χ2v) is 7.59. The monoisotopic (exact) mass is 401 g/mol. The molecule has 0 spiro atoms. The van der Waals surface area contributed by atoms with Gasteiger partial charge in [0, 0.05) is 42.7 Å². The lowest BCUT2D eigenvalue weighted by Crippen LogP contribution is -2.26. The van der Waals surface area contributed by atoms with E-state index in [9.17, 15) is 8.78 Å². The molecular weight excluding hydrogens is 380 g/mol. The molecule has 0 radical (unpaired) electrons. The second kappa shape index (κ2) is 6.55. The van der Waals surface area contributed by atoms with Gasteiger partial charge in [-0.2, -0.15) is 4.98 Å². The van der Waals surface area contributed by atoms with Crippen molar-refractivity contribution in [3.63, 3.8) is 0 Å². The van der Waals surface area contributed by atoms with Crippen LogP contribution in [0.3, 0.4) is 0 Å². The zero-order chi connectivity index (χ0) is 20.2. The van der Waals surface area contributed by atoms with E-state index < -0.39 is 6.29 Å². The Labute approximate surface area is 166 Å². The summed E-state index contributed by atoms with van der Waals surface area (Å²) in [5.41, 5.74) is 2.96. The summed E-state index contributed by atoms with van der Waals surface area (Å²) in [7, 11) is 1.77. The van der Waals surface area contributed by atoms with Crippen molar-refractivity contribution in [2.45, 2.75) is 19.6 Å². The van der Waals surface area contributed by atoms with Gasteiger partial charge in [0.25, 0.3) is 0 Å². The number of ether oxygens (including phenoxy) is 2. The van der Waals surface area contributed by atoms with E-state index in [1.807, 2.05) is 13.0 Å². The fourth-order valence-corrected chi connectivity index (χ4v) is 4.22. The molecule has 152 valence electrons. The van der Waals surface area contributed by atoms with Crippen LogP contribution in [0.5, 0.6) is 11.5 Å². The van der Waals surface area contributed by atoms with Crippen molar-refractivity contribution < 1.29 is 18.3 Å². The molecule has 1 saturated heterocycles. The van der Waals surface area contributed by atoms with Gasteiger partial charge in [-0.25, -0.2) is 4.98 Å². The maximum atomic E-state index is 13.8. The number of rotatable bonds is 4. The molecule has 3 aliphatic rings. The third-order valence-electron chi connectivity index (χ3n) is 5.51. The molecule has 1 aromatic heterocycles. The number of allylic oxidation sites excluding steroid dienone is 1. The van der Waals surface area contributed by atoms with Crippen LogP contribution in [0.25, 0.3) is 5.57 Å². The summed E-state index contributed by atoms with van der Waals surface area (Å²) in [6.07, 6.45) is -0.703. The zero-order valence-electron chi connectivity index (χ0n) is 16.1. The van der Waals surface area contributed by atoms with E-state index in [0.29, 0.717) is 34.9 Å². The van der Waals surface area contributed by atoms with Gasteiger partial charge in [-0.1, -0.05) is 6.08 Å². The first-order chi connectivity index (χ1) is 13.9. The van der Waals surface area contributed by atoms with Crippen LogP contribution in [-0.2, 0) is 0 Å². The molecule has 29 heavy (non-hydrogen) atoms. The lowest BCUT2D eigenvalue weighted by Gasteiger charge is -2.13. The molecule has 2 aliphatic heterocycles. The van der Waals surface area contributed by atoms with Crippen LogP contribution in [0.15, 0.2) is 24.3 Å². The number of anilines is 3. The van der Waals surface area contributed by atoms with Crippen molar-refractivity contribution in [1.82, 2.24) is 15.3 Å². The molecule has 0 bridgehead atoms. The maximum Gasteiger partial charge on any atom is 0.586 e. The number of hydrogen-bond acceptors (Lipinski definition) is 7. The molecule has 0 unspecified atom stereocenters. The molecule has 5 rings (SSSR count). The summed E-state index contributed by atoms with van der Waals surface area (Å²) < 4.78 is 37.2. The van der Waals surface area contributed by atoms with Gasteiger partial charge in [-0.3, -0.25) is 0 Å². The Bertz CT molecular complexity index is 1010. The molecule has 2 aromatic rings. The minimum absolute atomic E-state index is 0.00702. The number of alkyl halides is 2. The highest BCUT2D eigenvalue weighted by atomic mass is 19.3. The molecule has 1 fully saturated rings. The number of aromatic nitrogens is 2. The van der Waals surface area contributed by atoms with Crippen molar-refractivity contribution in [3.8, 4) is 11.5 Å². The van der Waals surface area contributed by atoms with E-state index in [1.54, 1.807) is 13.1 Å². The Morgan fingerprint density at radius 1 is 1.17 bits per heavy atom. The number of aryl methyl sites for hydroxylation is 1. The molecule has 3 heterocycles. The van der Waals surface area contributed by atoms with E-state index in [1.165, 1.54) is 6.07 Å². The highest BCUT2D eigenvalue weighted by Gasteiger charge is 2.46. The Morgan fingerprint density at radius 2 is 2.03 bits per heavy atom. The normalized spacial score (nSPS) is 23.7. The SMILES string of the molecule is CNc1cc(C)nc(Nc2cc3c(c(C4=C[C@H]5CNC[C@H]5C4)c2)OC(F)(F)O3)n1.